The van der Waals surface area contributed by atoms with Crippen LogP contribution in [0.4, 0.5) is 4.39 Å². The highest BCUT2D eigenvalue weighted by Gasteiger charge is 2.21. The van der Waals surface area contributed by atoms with E-state index in [1.165, 1.54) is 12.3 Å². The van der Waals surface area contributed by atoms with Crippen LogP contribution in [0.5, 0.6) is 0 Å². The molecule has 3 aromatic heterocycles. The fourth-order valence-electron chi connectivity index (χ4n) is 3.20. The van der Waals surface area contributed by atoms with Gasteiger partial charge in [-0.25, -0.2) is 4.39 Å². The number of hydrogen-bond acceptors (Lipinski definition) is 4. The number of carbonyl (C=O) groups is 1. The average Bonchev–Trinajstić information content (AvgIpc) is 3.44. The minimum atomic E-state index is -0.654. The second-order valence-electron chi connectivity index (χ2n) is 6.33. The molecule has 3 heterocycles. The van der Waals surface area contributed by atoms with E-state index >= 15 is 4.39 Å². The molecule has 0 radical (unpaired) electrons. The maximum Gasteiger partial charge on any atom is 0.254 e. The molecule has 2 aromatic carbocycles. The Hall–Kier alpha value is -3.87. The first-order chi connectivity index (χ1) is 13.7. The molecule has 28 heavy (non-hydrogen) atoms. The zero-order valence-electron chi connectivity index (χ0n) is 14.5. The Balaban J connectivity index is 1.55. The second kappa shape index (κ2) is 6.38. The van der Waals surface area contributed by atoms with Gasteiger partial charge in [0.15, 0.2) is 5.76 Å². The molecule has 2 N–H and O–H groups in total. The molecule has 0 spiro atoms. The van der Waals surface area contributed by atoms with Gasteiger partial charge < -0.3 is 14.2 Å². The van der Waals surface area contributed by atoms with E-state index in [1.54, 1.807) is 24.3 Å². The number of carbonyl (C=O) groups excluding carboxylic acids is 1. The Morgan fingerprint density at radius 3 is 2.86 bits per heavy atom. The molecule has 0 fully saturated rings. The van der Waals surface area contributed by atoms with Crippen LogP contribution in [-0.4, -0.2) is 16.1 Å². The highest BCUT2D eigenvalue weighted by Crippen LogP contribution is 2.33. The number of nitrogens with zero attached hydrogens (tertiary/aromatic N) is 1. The van der Waals surface area contributed by atoms with Crippen molar-refractivity contribution >= 4 is 27.8 Å². The molecule has 0 atom stereocenters. The quantitative estimate of drug-likeness (QED) is 0.479. The van der Waals surface area contributed by atoms with Crippen molar-refractivity contribution in [3.63, 3.8) is 0 Å². The van der Waals surface area contributed by atoms with Crippen molar-refractivity contribution in [3.8, 4) is 11.5 Å². The molecule has 0 aliphatic carbocycles. The Morgan fingerprint density at radius 1 is 1.14 bits per heavy atom. The maximum absolute atomic E-state index is 15.2. The lowest BCUT2D eigenvalue weighted by Gasteiger charge is -2.06. The van der Waals surface area contributed by atoms with E-state index in [0.29, 0.717) is 28.3 Å². The molecule has 5 rings (SSSR count). The topological polar surface area (TPSA) is 84.1 Å². The Bertz CT molecular complexity index is 1270. The predicted molar refractivity (Wildman–Crippen MR) is 101 cm³/mol. The van der Waals surface area contributed by atoms with Gasteiger partial charge in [0.05, 0.1) is 29.3 Å². The third-order valence-electron chi connectivity index (χ3n) is 4.57. The summed E-state index contributed by atoms with van der Waals surface area (Å²) in [5.74, 6) is -0.174. The SMILES string of the molecule is O=C(NCc1ccco1)c1ccc2[nH]nc(-c3cc4ccccc4o3)c2c1F. The van der Waals surface area contributed by atoms with E-state index in [-0.39, 0.29) is 17.5 Å². The van der Waals surface area contributed by atoms with E-state index < -0.39 is 11.7 Å². The first kappa shape index (κ1) is 16.3. The van der Waals surface area contributed by atoms with Gasteiger partial charge in [-0.3, -0.25) is 9.89 Å². The van der Waals surface area contributed by atoms with Crippen LogP contribution in [-0.2, 0) is 6.54 Å². The third kappa shape index (κ3) is 2.64. The van der Waals surface area contributed by atoms with Crippen molar-refractivity contribution in [2.75, 3.05) is 0 Å². The van der Waals surface area contributed by atoms with Gasteiger partial charge in [0.1, 0.15) is 22.9 Å². The van der Waals surface area contributed by atoms with Crippen molar-refractivity contribution < 1.29 is 18.0 Å². The normalized spacial score (nSPS) is 11.3. The van der Waals surface area contributed by atoms with E-state index in [2.05, 4.69) is 15.5 Å². The van der Waals surface area contributed by atoms with Crippen LogP contribution in [0.3, 0.4) is 0 Å². The lowest BCUT2D eigenvalue weighted by molar-refractivity contribution is 0.0944. The zero-order valence-corrected chi connectivity index (χ0v) is 14.5. The molecule has 0 unspecified atom stereocenters. The lowest BCUT2D eigenvalue weighted by atomic mass is 10.1. The van der Waals surface area contributed by atoms with Crippen LogP contribution >= 0.6 is 0 Å². The molecular weight excluding hydrogens is 361 g/mol. The number of nitrogens with one attached hydrogen (secondary N) is 2. The standard InChI is InChI=1S/C21H14FN3O3/c22-19-14(21(26)23-11-13-5-3-9-27-13)7-8-15-18(19)20(25-24-15)17-10-12-4-1-2-6-16(12)28-17/h1-10H,11H2,(H,23,26)(H,24,25). The molecule has 5 aromatic rings. The van der Waals surface area contributed by atoms with Crippen LogP contribution in [0.1, 0.15) is 16.1 Å². The largest absolute Gasteiger partial charge is 0.467 e. The molecule has 1 amide bonds. The number of amides is 1. The number of fused-ring (bicyclic) bond motifs is 2. The summed E-state index contributed by atoms with van der Waals surface area (Å²) in [6.45, 7) is 0.172. The summed E-state index contributed by atoms with van der Waals surface area (Å²) in [7, 11) is 0. The van der Waals surface area contributed by atoms with Crippen LogP contribution in [0.25, 0.3) is 33.3 Å². The third-order valence-corrected chi connectivity index (χ3v) is 4.57. The molecule has 0 saturated carbocycles. The number of aromatic nitrogens is 2. The van der Waals surface area contributed by atoms with E-state index in [4.69, 9.17) is 8.83 Å². The molecule has 0 bridgehead atoms. The number of hydrogen-bond donors (Lipinski definition) is 2. The van der Waals surface area contributed by atoms with Gasteiger partial charge in [0, 0.05) is 5.39 Å². The second-order valence-corrected chi connectivity index (χ2v) is 6.33. The predicted octanol–water partition coefficient (Wildman–Crippen LogP) is 4.64. The fourth-order valence-corrected chi connectivity index (χ4v) is 3.20. The van der Waals surface area contributed by atoms with Crippen molar-refractivity contribution in [2.24, 2.45) is 0 Å². The molecule has 0 saturated heterocycles. The average molecular weight is 375 g/mol. The first-order valence-corrected chi connectivity index (χ1v) is 8.67. The molecule has 6 nitrogen and oxygen atoms in total. The molecular formula is C21H14FN3O3. The highest BCUT2D eigenvalue weighted by molar-refractivity contribution is 6.02. The van der Waals surface area contributed by atoms with Gasteiger partial charge in [-0.1, -0.05) is 18.2 Å². The van der Waals surface area contributed by atoms with Crippen molar-refractivity contribution in [3.05, 3.63) is 78.0 Å². The first-order valence-electron chi connectivity index (χ1n) is 8.67. The van der Waals surface area contributed by atoms with Crippen LogP contribution in [0.15, 0.2) is 69.7 Å². The lowest BCUT2D eigenvalue weighted by Crippen LogP contribution is -2.23. The summed E-state index contributed by atoms with van der Waals surface area (Å²) in [6.07, 6.45) is 1.51. The summed E-state index contributed by atoms with van der Waals surface area (Å²) in [5.41, 5.74) is 1.42. The Labute approximate surface area is 158 Å². The van der Waals surface area contributed by atoms with Crippen molar-refractivity contribution in [2.45, 2.75) is 6.54 Å². The smallest absolute Gasteiger partial charge is 0.254 e. The molecule has 7 heteroatoms. The fraction of sp³-hybridized carbons (Fsp3) is 0.0476. The van der Waals surface area contributed by atoms with Crippen LogP contribution < -0.4 is 5.32 Å². The molecule has 0 aliphatic rings. The minimum Gasteiger partial charge on any atom is -0.467 e. The number of benzene rings is 2. The highest BCUT2D eigenvalue weighted by atomic mass is 19.1. The summed E-state index contributed by atoms with van der Waals surface area (Å²) in [4.78, 5) is 12.5. The summed E-state index contributed by atoms with van der Waals surface area (Å²) in [6, 6.07) is 15.8. The van der Waals surface area contributed by atoms with E-state index in [9.17, 15) is 4.79 Å². The van der Waals surface area contributed by atoms with E-state index in [0.717, 1.165) is 5.39 Å². The number of rotatable bonds is 4. The molecule has 138 valence electrons. The molecule has 0 aliphatic heterocycles. The van der Waals surface area contributed by atoms with Gasteiger partial charge in [-0.15, -0.1) is 0 Å². The minimum absolute atomic E-state index is 0.0715. The van der Waals surface area contributed by atoms with E-state index in [1.807, 2.05) is 24.3 Å². The van der Waals surface area contributed by atoms with Gasteiger partial charge >= 0.3 is 0 Å². The summed E-state index contributed by atoms with van der Waals surface area (Å²) in [5, 5.41) is 10.8. The Kier molecular flexibility index (Phi) is 3.72. The zero-order chi connectivity index (χ0) is 19.1. The number of halogens is 1. The van der Waals surface area contributed by atoms with Gasteiger partial charge in [-0.2, -0.15) is 5.10 Å². The summed E-state index contributed by atoms with van der Waals surface area (Å²) >= 11 is 0. The van der Waals surface area contributed by atoms with Crippen LogP contribution in [0, 0.1) is 5.82 Å². The monoisotopic (exact) mass is 375 g/mol. The van der Waals surface area contributed by atoms with Gasteiger partial charge in [-0.05, 0) is 36.4 Å². The van der Waals surface area contributed by atoms with Crippen LogP contribution in [0.2, 0.25) is 0 Å². The summed E-state index contributed by atoms with van der Waals surface area (Å²) < 4.78 is 26.2. The number of aromatic amines is 1. The van der Waals surface area contributed by atoms with Gasteiger partial charge in [0.25, 0.3) is 5.91 Å². The number of furan rings is 2. The van der Waals surface area contributed by atoms with Crippen molar-refractivity contribution in [1.82, 2.24) is 15.5 Å². The maximum atomic E-state index is 15.2. The van der Waals surface area contributed by atoms with Crippen molar-refractivity contribution in [1.29, 1.82) is 0 Å². The Morgan fingerprint density at radius 2 is 2.04 bits per heavy atom. The number of H-pyrrole nitrogens is 1. The van der Waals surface area contributed by atoms with Gasteiger partial charge in [0.2, 0.25) is 0 Å². The number of para-hydroxylation sites is 1.